The predicted molar refractivity (Wildman–Crippen MR) is 54.9 cm³/mol. The Hall–Kier alpha value is -1.28. The van der Waals surface area contributed by atoms with Gasteiger partial charge in [-0.15, -0.1) is 0 Å². The second-order valence-electron chi connectivity index (χ2n) is 4.93. The molecule has 0 atom stereocenters. The molecule has 1 aliphatic rings. The van der Waals surface area contributed by atoms with Crippen molar-refractivity contribution in [3.63, 3.8) is 0 Å². The molecule has 1 rings (SSSR count). The van der Waals surface area contributed by atoms with Crippen LogP contribution in [0.25, 0.3) is 0 Å². The lowest BCUT2D eigenvalue weighted by atomic mass is 9.82. The summed E-state index contributed by atoms with van der Waals surface area (Å²) in [6, 6.07) is 2.14. The fourth-order valence-corrected chi connectivity index (χ4v) is 1.39. The summed E-state index contributed by atoms with van der Waals surface area (Å²) in [5.74, 6) is 0. The summed E-state index contributed by atoms with van der Waals surface area (Å²) >= 11 is 0. The van der Waals surface area contributed by atoms with Gasteiger partial charge in [0.15, 0.2) is 0 Å². The molecule has 0 aliphatic carbocycles. The maximum absolute atomic E-state index is 11.5. The molecule has 1 amide bonds. The molecular weight excluding hydrogens is 194 g/mol. The van der Waals surface area contributed by atoms with Crippen molar-refractivity contribution in [1.29, 1.82) is 5.26 Å². The number of hydrogen-bond acceptors (Lipinski definition) is 4. The molecule has 0 radical (unpaired) electrons. The van der Waals surface area contributed by atoms with Crippen LogP contribution in [0.1, 0.15) is 20.8 Å². The first-order valence-corrected chi connectivity index (χ1v) is 4.91. The lowest BCUT2D eigenvalue weighted by Gasteiger charge is -2.44. The lowest BCUT2D eigenvalue weighted by molar-refractivity contribution is -0.0140. The van der Waals surface area contributed by atoms with Crippen molar-refractivity contribution in [1.82, 2.24) is 4.90 Å². The van der Waals surface area contributed by atoms with Gasteiger partial charge in [-0.25, -0.2) is 4.79 Å². The molecule has 0 aromatic heterocycles. The Morgan fingerprint density at radius 3 is 2.47 bits per heavy atom. The molecule has 1 heterocycles. The second-order valence-corrected chi connectivity index (χ2v) is 4.93. The highest BCUT2D eigenvalue weighted by molar-refractivity contribution is 5.69. The first kappa shape index (κ1) is 11.8. The van der Waals surface area contributed by atoms with Crippen LogP contribution in [0.2, 0.25) is 0 Å². The van der Waals surface area contributed by atoms with Crippen molar-refractivity contribution < 1.29 is 9.53 Å². The molecule has 1 aliphatic heterocycles. The monoisotopic (exact) mass is 211 g/mol. The number of amides is 1. The number of ether oxygens (including phenoxy) is 1. The van der Waals surface area contributed by atoms with Crippen LogP contribution in [0.4, 0.5) is 4.79 Å². The van der Waals surface area contributed by atoms with Gasteiger partial charge in [0.1, 0.15) is 11.0 Å². The topological polar surface area (TPSA) is 79.3 Å². The Kier molecular flexibility index (Phi) is 2.91. The maximum atomic E-state index is 11.5. The van der Waals surface area contributed by atoms with Crippen molar-refractivity contribution in [3.8, 4) is 6.07 Å². The minimum absolute atomic E-state index is 0.281. The van der Waals surface area contributed by atoms with Crippen LogP contribution in [0.5, 0.6) is 0 Å². The van der Waals surface area contributed by atoms with Crippen molar-refractivity contribution in [2.24, 2.45) is 11.1 Å². The van der Waals surface area contributed by atoms with E-state index < -0.39 is 11.0 Å². The Bertz CT molecular complexity index is 295. The zero-order valence-corrected chi connectivity index (χ0v) is 9.41. The second kappa shape index (κ2) is 3.70. The van der Waals surface area contributed by atoms with Crippen molar-refractivity contribution in [3.05, 3.63) is 0 Å². The summed E-state index contributed by atoms with van der Waals surface area (Å²) in [5.41, 5.74) is 4.41. The van der Waals surface area contributed by atoms with Crippen LogP contribution in [0.15, 0.2) is 0 Å². The van der Waals surface area contributed by atoms with E-state index in [2.05, 4.69) is 6.07 Å². The fraction of sp³-hybridized carbons (Fsp3) is 0.800. The Morgan fingerprint density at radius 1 is 1.60 bits per heavy atom. The molecular formula is C10H17N3O2. The Morgan fingerprint density at radius 2 is 2.13 bits per heavy atom. The summed E-state index contributed by atoms with van der Waals surface area (Å²) < 4.78 is 5.16. The highest BCUT2D eigenvalue weighted by Crippen LogP contribution is 2.29. The fourth-order valence-electron chi connectivity index (χ4n) is 1.39. The van der Waals surface area contributed by atoms with E-state index in [0.29, 0.717) is 13.1 Å². The van der Waals surface area contributed by atoms with E-state index in [4.69, 9.17) is 15.7 Å². The molecule has 0 aromatic rings. The number of nitrogens with two attached hydrogens (primary N) is 1. The number of rotatable bonds is 1. The number of carbonyl (C=O) groups is 1. The summed E-state index contributed by atoms with van der Waals surface area (Å²) in [6.07, 6.45) is -0.373. The van der Waals surface area contributed by atoms with Gasteiger partial charge in [0, 0.05) is 19.6 Å². The van der Waals surface area contributed by atoms with Crippen molar-refractivity contribution >= 4 is 6.09 Å². The first-order chi connectivity index (χ1) is 6.82. The molecule has 0 saturated carbocycles. The molecule has 1 fully saturated rings. The Labute approximate surface area is 89.8 Å². The molecule has 1 saturated heterocycles. The standard InChI is InChI=1S/C10H17N3O2/c1-9(2,3)15-8(14)13-6-10(4-11,5-12)7-13/h4,6-7,11H2,1-3H3. The smallest absolute Gasteiger partial charge is 0.410 e. The van der Waals surface area contributed by atoms with Crippen molar-refractivity contribution in [2.45, 2.75) is 26.4 Å². The molecule has 0 unspecified atom stereocenters. The van der Waals surface area contributed by atoms with E-state index in [1.54, 1.807) is 0 Å². The molecule has 0 aromatic carbocycles. The van der Waals surface area contributed by atoms with Gasteiger partial charge in [-0.05, 0) is 20.8 Å². The van der Waals surface area contributed by atoms with Crippen LogP contribution in [-0.2, 0) is 4.74 Å². The largest absolute Gasteiger partial charge is 0.444 e. The third kappa shape index (κ3) is 2.60. The normalized spacial score (nSPS) is 19.0. The van der Waals surface area contributed by atoms with Gasteiger partial charge in [-0.2, -0.15) is 5.26 Å². The maximum Gasteiger partial charge on any atom is 0.410 e. The highest BCUT2D eigenvalue weighted by atomic mass is 16.6. The van der Waals surface area contributed by atoms with E-state index in [1.165, 1.54) is 4.90 Å². The van der Waals surface area contributed by atoms with Crippen LogP contribution in [0.3, 0.4) is 0 Å². The lowest BCUT2D eigenvalue weighted by Crippen LogP contribution is -2.61. The quantitative estimate of drug-likeness (QED) is 0.692. The highest BCUT2D eigenvalue weighted by Gasteiger charge is 2.46. The molecule has 5 nitrogen and oxygen atoms in total. The number of nitriles is 1. The molecule has 84 valence electrons. The zero-order chi connectivity index (χ0) is 11.7. The van der Waals surface area contributed by atoms with Gasteiger partial charge in [-0.3, -0.25) is 0 Å². The summed E-state index contributed by atoms with van der Waals surface area (Å²) in [6.45, 7) is 6.45. The summed E-state index contributed by atoms with van der Waals surface area (Å²) in [7, 11) is 0. The van der Waals surface area contributed by atoms with Gasteiger partial charge >= 0.3 is 6.09 Å². The van der Waals surface area contributed by atoms with Gasteiger partial charge in [0.05, 0.1) is 6.07 Å². The average molecular weight is 211 g/mol. The Balaban J connectivity index is 2.46. The van der Waals surface area contributed by atoms with Gasteiger partial charge in [0.2, 0.25) is 0 Å². The van der Waals surface area contributed by atoms with Gasteiger partial charge in [0.25, 0.3) is 0 Å². The number of carbonyl (C=O) groups excluding carboxylic acids is 1. The van der Waals surface area contributed by atoms with E-state index >= 15 is 0 Å². The molecule has 0 spiro atoms. The van der Waals surface area contributed by atoms with Crippen LogP contribution in [-0.4, -0.2) is 36.2 Å². The van der Waals surface area contributed by atoms with E-state index in [0.717, 1.165) is 0 Å². The number of likely N-dealkylation sites (tertiary alicyclic amines) is 1. The van der Waals surface area contributed by atoms with Gasteiger partial charge in [-0.1, -0.05) is 0 Å². The minimum Gasteiger partial charge on any atom is -0.444 e. The molecule has 0 bridgehead atoms. The van der Waals surface area contributed by atoms with Crippen LogP contribution < -0.4 is 5.73 Å². The SMILES string of the molecule is CC(C)(C)OC(=O)N1CC(C#N)(CN)C1. The third-order valence-corrected chi connectivity index (χ3v) is 2.27. The summed E-state index contributed by atoms with van der Waals surface area (Å²) in [5, 5.41) is 8.86. The first-order valence-electron chi connectivity index (χ1n) is 4.91. The van der Waals surface area contributed by atoms with Crippen molar-refractivity contribution in [2.75, 3.05) is 19.6 Å². The van der Waals surface area contributed by atoms with E-state index in [1.807, 2.05) is 20.8 Å². The molecule has 15 heavy (non-hydrogen) atoms. The summed E-state index contributed by atoms with van der Waals surface area (Å²) in [4.78, 5) is 13.0. The van der Waals surface area contributed by atoms with E-state index in [-0.39, 0.29) is 12.6 Å². The molecule has 2 N–H and O–H groups in total. The third-order valence-electron chi connectivity index (χ3n) is 2.27. The van der Waals surface area contributed by atoms with E-state index in [9.17, 15) is 4.79 Å². The predicted octanol–water partition coefficient (Wildman–Crippen LogP) is 0.706. The number of nitrogens with zero attached hydrogens (tertiary/aromatic N) is 2. The van der Waals surface area contributed by atoms with Crippen LogP contribution in [0, 0.1) is 16.7 Å². The molecule has 5 heteroatoms. The zero-order valence-electron chi connectivity index (χ0n) is 9.41. The minimum atomic E-state index is -0.559. The number of hydrogen-bond donors (Lipinski definition) is 1. The van der Waals surface area contributed by atoms with Crippen LogP contribution >= 0.6 is 0 Å². The average Bonchev–Trinajstić information content (AvgIpc) is 2.00. The van der Waals surface area contributed by atoms with Gasteiger partial charge < -0.3 is 15.4 Å².